The lowest BCUT2D eigenvalue weighted by Crippen LogP contribution is -2.14. The van der Waals surface area contributed by atoms with E-state index in [2.05, 4.69) is 18.8 Å². The van der Waals surface area contributed by atoms with Gasteiger partial charge in [0.2, 0.25) is 16.0 Å². The Balaban J connectivity index is 2.09. The van der Waals surface area contributed by atoms with Crippen molar-refractivity contribution in [2.75, 3.05) is 0 Å². The Bertz CT molecular complexity index is 929. The summed E-state index contributed by atoms with van der Waals surface area (Å²) < 4.78 is 36.2. The van der Waals surface area contributed by atoms with Crippen molar-refractivity contribution in [1.82, 2.24) is 4.98 Å². The standard InChI is InChI=1S/C20H23FN2O2S/c1-3-20(4-2)11-17(14-5-8-16(9-6-14)26(22,24)25)18(12-20)15-7-10-19(21)23-13-15/h5-10,13H,3-4,11-12H2,1-2H3,(H2,22,24,25). The zero-order chi connectivity index (χ0) is 18.9. The van der Waals surface area contributed by atoms with Crippen molar-refractivity contribution in [2.45, 2.75) is 44.4 Å². The van der Waals surface area contributed by atoms with Crippen LogP contribution in [-0.2, 0) is 10.0 Å². The number of primary sulfonamides is 1. The van der Waals surface area contributed by atoms with E-state index in [0.29, 0.717) is 0 Å². The summed E-state index contributed by atoms with van der Waals surface area (Å²) in [7, 11) is -3.71. The minimum atomic E-state index is -3.71. The first-order valence-electron chi connectivity index (χ1n) is 8.75. The molecule has 0 saturated carbocycles. The first kappa shape index (κ1) is 18.7. The van der Waals surface area contributed by atoms with Gasteiger partial charge in [-0.05, 0) is 77.6 Å². The number of hydrogen-bond donors (Lipinski definition) is 1. The highest BCUT2D eigenvalue weighted by Crippen LogP contribution is 2.53. The molecule has 0 bridgehead atoms. The molecule has 0 spiro atoms. The third-order valence-corrected chi connectivity index (χ3v) is 6.50. The van der Waals surface area contributed by atoms with Crippen LogP contribution >= 0.6 is 0 Å². The Labute approximate surface area is 154 Å². The molecule has 1 aromatic carbocycles. The summed E-state index contributed by atoms with van der Waals surface area (Å²) >= 11 is 0. The summed E-state index contributed by atoms with van der Waals surface area (Å²) in [6, 6.07) is 9.81. The Hall–Kier alpha value is -2.05. The third kappa shape index (κ3) is 3.57. The molecule has 3 rings (SSSR count). The van der Waals surface area contributed by atoms with Gasteiger partial charge in [-0.15, -0.1) is 0 Å². The second-order valence-electron chi connectivity index (χ2n) is 6.96. The van der Waals surface area contributed by atoms with Crippen molar-refractivity contribution in [3.8, 4) is 0 Å². The molecule has 2 N–H and O–H groups in total. The van der Waals surface area contributed by atoms with Crippen LogP contribution in [0.5, 0.6) is 0 Å². The first-order valence-corrected chi connectivity index (χ1v) is 10.3. The van der Waals surface area contributed by atoms with E-state index in [1.165, 1.54) is 23.8 Å². The number of hydrogen-bond acceptors (Lipinski definition) is 3. The highest BCUT2D eigenvalue weighted by Gasteiger charge is 2.36. The predicted octanol–water partition coefficient (Wildman–Crippen LogP) is 4.38. The topological polar surface area (TPSA) is 73.1 Å². The highest BCUT2D eigenvalue weighted by atomic mass is 32.2. The van der Waals surface area contributed by atoms with Crippen LogP contribution in [-0.4, -0.2) is 13.4 Å². The molecule has 0 radical (unpaired) electrons. The van der Waals surface area contributed by atoms with E-state index in [0.717, 1.165) is 42.4 Å². The largest absolute Gasteiger partial charge is 0.238 e. The lowest BCUT2D eigenvalue weighted by Gasteiger charge is -2.26. The molecule has 0 aliphatic heterocycles. The van der Waals surface area contributed by atoms with E-state index < -0.39 is 16.0 Å². The van der Waals surface area contributed by atoms with Crippen molar-refractivity contribution in [1.29, 1.82) is 0 Å². The first-order chi connectivity index (χ1) is 12.3. The van der Waals surface area contributed by atoms with Crippen LogP contribution in [0.4, 0.5) is 4.39 Å². The summed E-state index contributed by atoms with van der Waals surface area (Å²) in [5, 5.41) is 5.20. The Morgan fingerprint density at radius 3 is 2.00 bits per heavy atom. The van der Waals surface area contributed by atoms with Crippen LogP contribution in [0.1, 0.15) is 50.7 Å². The molecule has 0 atom stereocenters. The lowest BCUT2D eigenvalue weighted by atomic mass is 9.78. The van der Waals surface area contributed by atoms with Crippen molar-refractivity contribution in [2.24, 2.45) is 10.6 Å². The molecule has 0 amide bonds. The van der Waals surface area contributed by atoms with Crippen LogP contribution in [0.15, 0.2) is 47.5 Å². The van der Waals surface area contributed by atoms with Crippen LogP contribution in [0.3, 0.4) is 0 Å². The van der Waals surface area contributed by atoms with E-state index in [1.54, 1.807) is 24.4 Å². The maximum atomic E-state index is 13.2. The zero-order valence-corrected chi connectivity index (χ0v) is 15.8. The summed E-state index contributed by atoms with van der Waals surface area (Å²) in [6.45, 7) is 4.38. The molecule has 0 unspecified atom stereocenters. The predicted molar refractivity (Wildman–Crippen MR) is 101 cm³/mol. The number of halogens is 1. The van der Waals surface area contributed by atoms with Gasteiger partial charge in [0.25, 0.3) is 0 Å². The van der Waals surface area contributed by atoms with E-state index in [1.807, 2.05) is 0 Å². The average Bonchev–Trinajstić information content (AvgIpc) is 3.02. The average molecular weight is 374 g/mol. The minimum absolute atomic E-state index is 0.0992. The van der Waals surface area contributed by atoms with Crippen LogP contribution < -0.4 is 5.14 Å². The van der Waals surface area contributed by atoms with Gasteiger partial charge in [-0.25, -0.2) is 18.5 Å². The molecule has 26 heavy (non-hydrogen) atoms. The van der Waals surface area contributed by atoms with E-state index >= 15 is 0 Å². The van der Waals surface area contributed by atoms with E-state index in [-0.39, 0.29) is 10.3 Å². The smallest absolute Gasteiger partial charge is 0.228 e. The molecule has 2 aromatic rings. The lowest BCUT2D eigenvalue weighted by molar-refractivity contribution is 0.291. The Kier molecular flexibility index (Phi) is 4.99. The molecular weight excluding hydrogens is 351 g/mol. The summed E-state index contributed by atoms with van der Waals surface area (Å²) in [4.78, 5) is 3.90. The molecule has 0 fully saturated rings. The third-order valence-electron chi connectivity index (χ3n) is 5.57. The van der Waals surface area contributed by atoms with Crippen molar-refractivity contribution < 1.29 is 12.8 Å². The van der Waals surface area contributed by atoms with Gasteiger partial charge in [0.1, 0.15) is 0 Å². The van der Waals surface area contributed by atoms with Gasteiger partial charge in [0.15, 0.2) is 0 Å². The Morgan fingerprint density at radius 1 is 1.00 bits per heavy atom. The van der Waals surface area contributed by atoms with Crippen molar-refractivity contribution in [3.05, 3.63) is 59.7 Å². The second kappa shape index (κ2) is 6.93. The van der Waals surface area contributed by atoms with Gasteiger partial charge in [0, 0.05) is 6.20 Å². The quantitative estimate of drug-likeness (QED) is 0.789. The zero-order valence-electron chi connectivity index (χ0n) is 15.0. The second-order valence-corrected chi connectivity index (χ2v) is 8.52. The van der Waals surface area contributed by atoms with Gasteiger partial charge in [-0.1, -0.05) is 26.0 Å². The summed E-state index contributed by atoms with van der Waals surface area (Å²) in [5.74, 6) is -0.497. The number of nitrogens with two attached hydrogens (primary N) is 1. The molecule has 1 aliphatic rings. The van der Waals surface area contributed by atoms with Gasteiger partial charge in [-0.3, -0.25) is 0 Å². The van der Waals surface area contributed by atoms with Gasteiger partial charge in [-0.2, -0.15) is 4.39 Å². The number of rotatable bonds is 5. The molecule has 1 aliphatic carbocycles. The highest BCUT2D eigenvalue weighted by molar-refractivity contribution is 7.89. The minimum Gasteiger partial charge on any atom is -0.228 e. The van der Waals surface area contributed by atoms with Crippen LogP contribution in [0, 0.1) is 11.4 Å². The van der Waals surface area contributed by atoms with Gasteiger partial charge in [0.05, 0.1) is 4.90 Å². The number of aromatic nitrogens is 1. The van der Waals surface area contributed by atoms with Gasteiger partial charge < -0.3 is 0 Å². The SMILES string of the molecule is CCC1(CC)CC(c2ccc(S(N)(=O)=O)cc2)=C(c2ccc(F)nc2)C1. The maximum absolute atomic E-state index is 13.2. The summed E-state index contributed by atoms with van der Waals surface area (Å²) in [6.07, 6.45) is 5.46. The van der Waals surface area contributed by atoms with Crippen LogP contribution in [0.2, 0.25) is 0 Å². The molecule has 1 aromatic heterocycles. The fraction of sp³-hybridized carbons (Fsp3) is 0.350. The fourth-order valence-corrected chi connectivity index (χ4v) is 4.24. The fourth-order valence-electron chi connectivity index (χ4n) is 3.73. The summed E-state index contributed by atoms with van der Waals surface area (Å²) in [5.41, 5.74) is 4.38. The molecule has 1 heterocycles. The number of benzene rings is 1. The molecule has 0 saturated heterocycles. The number of allylic oxidation sites excluding steroid dienone is 2. The molecule has 4 nitrogen and oxygen atoms in total. The molecule has 138 valence electrons. The maximum Gasteiger partial charge on any atom is 0.238 e. The number of sulfonamides is 1. The molecular formula is C20H23FN2O2S. The van der Waals surface area contributed by atoms with Crippen molar-refractivity contribution in [3.63, 3.8) is 0 Å². The molecule has 6 heteroatoms. The van der Waals surface area contributed by atoms with Crippen molar-refractivity contribution >= 4 is 21.2 Å². The number of pyridine rings is 1. The normalized spacial score (nSPS) is 16.9. The number of nitrogens with zero attached hydrogens (tertiary/aromatic N) is 1. The Morgan fingerprint density at radius 2 is 1.54 bits per heavy atom. The van der Waals surface area contributed by atoms with E-state index in [4.69, 9.17) is 5.14 Å². The van der Waals surface area contributed by atoms with E-state index in [9.17, 15) is 12.8 Å². The van der Waals surface area contributed by atoms with Crippen LogP contribution in [0.25, 0.3) is 11.1 Å². The van der Waals surface area contributed by atoms with Gasteiger partial charge >= 0.3 is 0 Å². The monoisotopic (exact) mass is 374 g/mol.